The average molecular weight is 471 g/mol. The molecule has 0 saturated carbocycles. The molecule has 1 aromatic heterocycles. The van der Waals surface area contributed by atoms with Gasteiger partial charge in [-0.2, -0.15) is 13.2 Å². The summed E-state index contributed by atoms with van der Waals surface area (Å²) in [6.45, 7) is 4.48. The maximum absolute atomic E-state index is 13.3. The van der Waals surface area contributed by atoms with Crippen molar-refractivity contribution in [3.05, 3.63) is 89.2 Å². The van der Waals surface area contributed by atoms with Crippen LogP contribution in [-0.4, -0.2) is 29.2 Å². The Morgan fingerprint density at radius 2 is 1.85 bits per heavy atom. The fourth-order valence-corrected chi connectivity index (χ4v) is 4.39. The van der Waals surface area contributed by atoms with Crippen molar-refractivity contribution in [2.24, 2.45) is 0 Å². The van der Waals surface area contributed by atoms with Crippen LogP contribution in [-0.2, 0) is 16.5 Å². The maximum atomic E-state index is 13.3. The van der Waals surface area contributed by atoms with Crippen molar-refractivity contribution < 1.29 is 17.9 Å². The highest BCUT2D eigenvalue weighted by Gasteiger charge is 2.38. The van der Waals surface area contributed by atoms with Crippen LogP contribution < -0.4 is 10.6 Å². The molecule has 34 heavy (non-hydrogen) atoms. The number of hydrogen-bond acceptors (Lipinski definition) is 5. The molecular formula is C26H29F3N4O. The number of alkyl halides is 3. The Bertz CT molecular complexity index is 1070. The van der Waals surface area contributed by atoms with Crippen molar-refractivity contribution in [1.29, 1.82) is 0 Å². The minimum atomic E-state index is -4.39. The number of aromatic nitrogens is 2. The smallest absolute Gasteiger partial charge is 0.372 e. The first-order chi connectivity index (χ1) is 16.2. The highest BCUT2D eigenvalue weighted by atomic mass is 19.4. The number of anilines is 1. The Morgan fingerprint density at radius 1 is 1.12 bits per heavy atom. The highest BCUT2D eigenvalue weighted by Crippen LogP contribution is 2.35. The normalized spacial score (nSPS) is 21.7. The number of aryl methyl sites for hydroxylation is 1. The predicted molar refractivity (Wildman–Crippen MR) is 125 cm³/mol. The van der Waals surface area contributed by atoms with E-state index in [1.807, 2.05) is 18.2 Å². The van der Waals surface area contributed by atoms with E-state index in [9.17, 15) is 13.2 Å². The lowest BCUT2D eigenvalue weighted by atomic mass is 9.81. The van der Waals surface area contributed by atoms with E-state index in [1.54, 1.807) is 38.4 Å². The van der Waals surface area contributed by atoms with Crippen LogP contribution in [0, 0.1) is 6.92 Å². The second kappa shape index (κ2) is 10.1. The van der Waals surface area contributed by atoms with Gasteiger partial charge < -0.3 is 15.4 Å². The molecule has 0 radical (unpaired) electrons. The lowest BCUT2D eigenvalue weighted by Gasteiger charge is -2.42. The van der Waals surface area contributed by atoms with Gasteiger partial charge in [0.05, 0.1) is 23.8 Å². The minimum absolute atomic E-state index is 0.155. The third-order valence-electron chi connectivity index (χ3n) is 6.31. The van der Waals surface area contributed by atoms with Gasteiger partial charge in [0.25, 0.3) is 0 Å². The number of rotatable bonds is 7. The number of hydrogen-bond donors (Lipinski definition) is 2. The van der Waals surface area contributed by atoms with E-state index in [4.69, 9.17) is 4.74 Å². The van der Waals surface area contributed by atoms with Crippen LogP contribution in [0.1, 0.15) is 48.1 Å². The second-order valence-electron chi connectivity index (χ2n) is 8.86. The van der Waals surface area contributed by atoms with E-state index >= 15 is 0 Å². The number of benzene rings is 2. The predicted octanol–water partition coefficient (Wildman–Crippen LogP) is 5.64. The van der Waals surface area contributed by atoms with Gasteiger partial charge in [0, 0.05) is 25.0 Å². The molecule has 1 fully saturated rings. The average Bonchev–Trinajstić information content (AvgIpc) is 2.84. The standard InChI is InChI=1S/C26H29F3N4O/c1-18-13-20(15-22(14-18)26(27,28)29)19(2)34-17-25(21-7-4-3-5-8-21)10-9-23(16-32-25)33-24-30-11-6-12-31-24/h3-8,11-15,19,23,32H,9-10,16-17H2,1-2H3,(H,30,31,33)/t19-,23+,25-/m1/s1. The Labute approximate surface area is 197 Å². The first-order valence-electron chi connectivity index (χ1n) is 11.4. The molecule has 3 aromatic rings. The molecule has 180 valence electrons. The van der Waals surface area contributed by atoms with Gasteiger partial charge >= 0.3 is 6.18 Å². The summed E-state index contributed by atoms with van der Waals surface area (Å²) in [5.74, 6) is 0.589. The van der Waals surface area contributed by atoms with Gasteiger partial charge in [0.2, 0.25) is 5.95 Å². The van der Waals surface area contributed by atoms with Crippen molar-refractivity contribution in [3.8, 4) is 0 Å². The molecule has 5 nitrogen and oxygen atoms in total. The molecule has 0 bridgehead atoms. The molecule has 2 aromatic carbocycles. The third-order valence-corrected chi connectivity index (χ3v) is 6.31. The third kappa shape index (κ3) is 5.74. The molecule has 4 rings (SSSR count). The Hall–Kier alpha value is -2.97. The monoisotopic (exact) mass is 470 g/mol. The van der Waals surface area contributed by atoms with Gasteiger partial charge in [-0.3, -0.25) is 0 Å². The molecular weight excluding hydrogens is 441 g/mol. The summed E-state index contributed by atoms with van der Waals surface area (Å²) in [6, 6.07) is 16.1. The molecule has 0 unspecified atom stereocenters. The van der Waals surface area contributed by atoms with E-state index in [2.05, 4.69) is 32.7 Å². The number of nitrogens with one attached hydrogen (secondary N) is 2. The molecule has 1 aliphatic heterocycles. The Morgan fingerprint density at radius 3 is 2.50 bits per heavy atom. The van der Waals surface area contributed by atoms with Gasteiger partial charge in [-0.05, 0) is 56.0 Å². The Kier molecular flexibility index (Phi) is 7.19. The molecule has 2 heterocycles. The quantitative estimate of drug-likeness (QED) is 0.468. The zero-order chi connectivity index (χ0) is 24.2. The van der Waals surface area contributed by atoms with Crippen molar-refractivity contribution in [1.82, 2.24) is 15.3 Å². The minimum Gasteiger partial charge on any atom is -0.372 e. The summed E-state index contributed by atoms with van der Waals surface area (Å²) in [7, 11) is 0. The van der Waals surface area contributed by atoms with Crippen molar-refractivity contribution in [2.75, 3.05) is 18.5 Å². The van der Waals surface area contributed by atoms with Crippen molar-refractivity contribution >= 4 is 5.95 Å². The molecule has 8 heteroatoms. The van der Waals surface area contributed by atoms with Crippen LogP contribution in [0.2, 0.25) is 0 Å². The first kappa shape index (κ1) is 24.2. The van der Waals surface area contributed by atoms with E-state index in [-0.39, 0.29) is 6.04 Å². The van der Waals surface area contributed by atoms with Crippen LogP contribution in [0.3, 0.4) is 0 Å². The van der Waals surface area contributed by atoms with E-state index in [0.29, 0.717) is 30.2 Å². The maximum Gasteiger partial charge on any atom is 0.416 e. The van der Waals surface area contributed by atoms with E-state index in [0.717, 1.165) is 24.5 Å². The lowest BCUT2D eigenvalue weighted by molar-refractivity contribution is -0.137. The molecule has 3 atom stereocenters. The van der Waals surface area contributed by atoms with Gasteiger partial charge in [-0.15, -0.1) is 0 Å². The first-order valence-corrected chi connectivity index (χ1v) is 11.4. The van der Waals surface area contributed by atoms with Crippen LogP contribution in [0.15, 0.2) is 67.0 Å². The number of ether oxygens (including phenoxy) is 1. The SMILES string of the molecule is Cc1cc([C@@H](C)OC[C@@]2(c3ccccc3)CC[C@H](Nc3ncccn3)CN2)cc(C(F)(F)F)c1. The number of piperidine rings is 1. The van der Waals surface area contributed by atoms with Crippen LogP contribution in [0.5, 0.6) is 0 Å². The summed E-state index contributed by atoms with van der Waals surface area (Å²) < 4.78 is 46.1. The second-order valence-corrected chi connectivity index (χ2v) is 8.86. The lowest BCUT2D eigenvalue weighted by Crippen LogP contribution is -2.55. The highest BCUT2D eigenvalue weighted by molar-refractivity contribution is 5.33. The van der Waals surface area contributed by atoms with Crippen molar-refractivity contribution in [3.63, 3.8) is 0 Å². The van der Waals surface area contributed by atoms with Crippen LogP contribution in [0.25, 0.3) is 0 Å². The largest absolute Gasteiger partial charge is 0.416 e. The fraction of sp³-hybridized carbons (Fsp3) is 0.385. The van der Waals surface area contributed by atoms with E-state index < -0.39 is 23.4 Å². The molecule has 1 saturated heterocycles. The summed E-state index contributed by atoms with van der Waals surface area (Å²) in [5.41, 5.74) is 1.08. The number of halogens is 3. The summed E-state index contributed by atoms with van der Waals surface area (Å²) in [6.07, 6.45) is 0.171. The van der Waals surface area contributed by atoms with Gasteiger partial charge in [0.15, 0.2) is 0 Å². The molecule has 0 spiro atoms. The van der Waals surface area contributed by atoms with E-state index in [1.165, 1.54) is 6.07 Å². The molecule has 0 amide bonds. The van der Waals surface area contributed by atoms with Gasteiger partial charge in [0.1, 0.15) is 0 Å². The molecule has 2 N–H and O–H groups in total. The number of nitrogens with zero attached hydrogens (tertiary/aromatic N) is 2. The molecule has 1 aliphatic rings. The zero-order valence-corrected chi connectivity index (χ0v) is 19.3. The summed E-state index contributed by atoms with van der Waals surface area (Å²) in [4.78, 5) is 8.47. The fourth-order valence-electron chi connectivity index (χ4n) is 4.39. The van der Waals surface area contributed by atoms with Crippen LogP contribution in [0.4, 0.5) is 19.1 Å². The van der Waals surface area contributed by atoms with Gasteiger partial charge in [-0.1, -0.05) is 42.0 Å². The summed E-state index contributed by atoms with van der Waals surface area (Å²) in [5, 5.41) is 7.01. The molecule has 0 aliphatic carbocycles. The zero-order valence-electron chi connectivity index (χ0n) is 19.3. The van der Waals surface area contributed by atoms with Gasteiger partial charge in [-0.25, -0.2) is 9.97 Å². The van der Waals surface area contributed by atoms with Crippen molar-refractivity contribution in [2.45, 2.75) is 50.6 Å². The Balaban J connectivity index is 1.48. The summed E-state index contributed by atoms with van der Waals surface area (Å²) >= 11 is 0. The van der Waals surface area contributed by atoms with Crippen LogP contribution >= 0.6 is 0 Å². The topological polar surface area (TPSA) is 59.1 Å².